The highest BCUT2D eigenvalue weighted by atomic mass is 32.2. The van der Waals surface area contributed by atoms with E-state index in [4.69, 9.17) is 4.74 Å². The molecule has 2 rings (SSSR count). The number of hydrogen-bond acceptors (Lipinski definition) is 6. The Morgan fingerprint density at radius 3 is 2.52 bits per heavy atom. The van der Waals surface area contributed by atoms with Gasteiger partial charge in [0.25, 0.3) is 11.8 Å². The van der Waals surface area contributed by atoms with Gasteiger partial charge in [-0.3, -0.25) is 9.59 Å². The van der Waals surface area contributed by atoms with E-state index in [1.165, 1.54) is 11.8 Å². The normalized spacial score (nSPS) is 18.6. The molecule has 0 saturated carbocycles. The van der Waals surface area contributed by atoms with Gasteiger partial charge in [0, 0.05) is 18.2 Å². The first kappa shape index (κ1) is 22.9. The topological polar surface area (TPSA) is 110 Å². The number of nitrogens with zero attached hydrogens (tertiary/aromatic N) is 1. The van der Waals surface area contributed by atoms with Crippen LogP contribution in [0, 0.1) is 0 Å². The van der Waals surface area contributed by atoms with Gasteiger partial charge < -0.3 is 15.0 Å². The number of sulfone groups is 1. The molecule has 1 aliphatic heterocycles. The van der Waals surface area contributed by atoms with Gasteiger partial charge >= 0.3 is 5.97 Å². The minimum atomic E-state index is -3.13. The molecule has 0 bridgehead atoms. The minimum Gasteiger partial charge on any atom is -0.454 e. The second kappa shape index (κ2) is 10.4. The lowest BCUT2D eigenvalue weighted by Crippen LogP contribution is -2.45. The zero-order chi connectivity index (χ0) is 21.4. The molecule has 1 fully saturated rings. The van der Waals surface area contributed by atoms with Crippen LogP contribution in [0.25, 0.3) is 0 Å². The van der Waals surface area contributed by atoms with Crippen LogP contribution >= 0.6 is 0 Å². The van der Waals surface area contributed by atoms with Crippen LogP contribution in [0.1, 0.15) is 43.5 Å². The summed E-state index contributed by atoms with van der Waals surface area (Å²) < 4.78 is 28.6. The molecule has 1 heterocycles. The van der Waals surface area contributed by atoms with Gasteiger partial charge in [-0.25, -0.2) is 13.2 Å². The van der Waals surface area contributed by atoms with E-state index < -0.39 is 40.3 Å². The molecule has 1 saturated heterocycles. The summed E-state index contributed by atoms with van der Waals surface area (Å²) in [6.07, 6.45) is 1.99. The van der Waals surface area contributed by atoms with Crippen molar-refractivity contribution < 1.29 is 27.5 Å². The van der Waals surface area contributed by atoms with Gasteiger partial charge in [-0.15, -0.1) is 0 Å². The molecule has 29 heavy (non-hydrogen) atoms. The Kier molecular flexibility index (Phi) is 8.19. The molecule has 8 nitrogen and oxygen atoms in total. The van der Waals surface area contributed by atoms with Crippen LogP contribution in [0.2, 0.25) is 0 Å². The summed E-state index contributed by atoms with van der Waals surface area (Å²) >= 11 is 0. The Labute approximate surface area is 171 Å². The Hall–Kier alpha value is -2.42. The molecule has 1 unspecified atom stereocenters. The Morgan fingerprint density at radius 1 is 1.24 bits per heavy atom. The van der Waals surface area contributed by atoms with E-state index in [1.54, 1.807) is 30.3 Å². The Bertz CT molecular complexity index is 825. The molecule has 0 spiro atoms. The number of benzene rings is 1. The number of amides is 2. The van der Waals surface area contributed by atoms with Gasteiger partial charge in [-0.2, -0.15) is 0 Å². The fraction of sp³-hybridized carbons (Fsp3) is 0.550. The quantitative estimate of drug-likeness (QED) is 0.596. The molecular formula is C20H28N2O6S. The lowest BCUT2D eigenvalue weighted by molar-refractivity contribution is -0.154. The fourth-order valence-corrected chi connectivity index (χ4v) is 4.86. The van der Waals surface area contributed by atoms with Crippen molar-refractivity contribution in [1.82, 2.24) is 10.2 Å². The molecule has 1 N–H and O–H groups in total. The third-order valence-corrected chi connectivity index (χ3v) is 6.55. The van der Waals surface area contributed by atoms with Crippen molar-refractivity contribution in [3.8, 4) is 0 Å². The number of esters is 1. The lowest BCUT2D eigenvalue weighted by atomic mass is 10.2. The second-order valence-electron chi connectivity index (χ2n) is 7.17. The summed E-state index contributed by atoms with van der Waals surface area (Å²) in [7, 11) is -3.13. The van der Waals surface area contributed by atoms with E-state index in [0.717, 1.165) is 12.8 Å². The van der Waals surface area contributed by atoms with E-state index in [-0.39, 0.29) is 17.5 Å². The van der Waals surface area contributed by atoms with Gasteiger partial charge in [0.15, 0.2) is 16.4 Å². The molecule has 2 amide bonds. The minimum absolute atomic E-state index is 0.0556. The highest BCUT2D eigenvalue weighted by Crippen LogP contribution is 2.18. The number of rotatable bonds is 9. The van der Waals surface area contributed by atoms with Gasteiger partial charge in [0.05, 0.1) is 11.5 Å². The summed E-state index contributed by atoms with van der Waals surface area (Å²) in [6, 6.07) is 7.14. The van der Waals surface area contributed by atoms with Crippen molar-refractivity contribution >= 4 is 27.6 Å². The summed E-state index contributed by atoms with van der Waals surface area (Å²) in [5.74, 6) is -1.55. The maximum Gasteiger partial charge on any atom is 0.328 e. The standard InChI is InChI=1S/C20H28N2O6S/c1-3-4-11-22(17-10-12-29(26,27)14-17)18(23)13-28-20(25)15(2)21-19(24)16-8-6-5-7-9-16/h5-9,15,17H,3-4,10-14H2,1-2H3,(H,21,24)/t15-,17?/m0/s1. The number of carbonyl (C=O) groups excluding carboxylic acids is 3. The van der Waals surface area contributed by atoms with Crippen LogP contribution in [0.5, 0.6) is 0 Å². The molecule has 160 valence electrons. The maximum atomic E-state index is 12.6. The zero-order valence-electron chi connectivity index (χ0n) is 16.8. The van der Waals surface area contributed by atoms with Crippen LogP contribution in [-0.2, 0) is 24.2 Å². The van der Waals surface area contributed by atoms with Crippen LogP contribution in [0.3, 0.4) is 0 Å². The van der Waals surface area contributed by atoms with Crippen LogP contribution < -0.4 is 5.32 Å². The first-order valence-electron chi connectivity index (χ1n) is 9.76. The Balaban J connectivity index is 1.89. The molecule has 1 aromatic rings. The third-order valence-electron chi connectivity index (χ3n) is 4.80. The number of carbonyl (C=O) groups is 3. The molecule has 9 heteroatoms. The number of hydrogen-bond donors (Lipinski definition) is 1. The van der Waals surface area contributed by atoms with E-state index in [0.29, 0.717) is 18.5 Å². The van der Waals surface area contributed by atoms with Crippen molar-refractivity contribution in [1.29, 1.82) is 0 Å². The van der Waals surface area contributed by atoms with Gasteiger partial charge in [-0.05, 0) is 31.9 Å². The molecule has 0 aliphatic carbocycles. The van der Waals surface area contributed by atoms with Crippen molar-refractivity contribution in [2.75, 3.05) is 24.7 Å². The summed E-state index contributed by atoms with van der Waals surface area (Å²) in [6.45, 7) is 3.40. The highest BCUT2D eigenvalue weighted by Gasteiger charge is 2.34. The van der Waals surface area contributed by atoms with Crippen molar-refractivity contribution in [2.45, 2.75) is 45.2 Å². The van der Waals surface area contributed by atoms with Crippen molar-refractivity contribution in [3.63, 3.8) is 0 Å². The average Bonchev–Trinajstić information content (AvgIpc) is 3.06. The SMILES string of the molecule is CCCCN(C(=O)COC(=O)[C@H](C)NC(=O)c1ccccc1)C1CCS(=O)(=O)C1. The van der Waals surface area contributed by atoms with Gasteiger partial charge in [-0.1, -0.05) is 31.5 Å². The predicted octanol–water partition coefficient (Wildman–Crippen LogP) is 1.16. The molecule has 1 aliphatic rings. The molecular weight excluding hydrogens is 396 g/mol. The maximum absolute atomic E-state index is 12.6. The van der Waals surface area contributed by atoms with E-state index in [9.17, 15) is 22.8 Å². The smallest absolute Gasteiger partial charge is 0.328 e. The number of nitrogens with one attached hydrogen (secondary N) is 1. The summed E-state index contributed by atoms with van der Waals surface area (Å²) in [5, 5.41) is 2.53. The highest BCUT2D eigenvalue weighted by molar-refractivity contribution is 7.91. The van der Waals surface area contributed by atoms with E-state index >= 15 is 0 Å². The third kappa shape index (κ3) is 6.85. The van der Waals surface area contributed by atoms with E-state index in [1.807, 2.05) is 6.92 Å². The van der Waals surface area contributed by atoms with Crippen LogP contribution in [0.15, 0.2) is 30.3 Å². The largest absolute Gasteiger partial charge is 0.454 e. The monoisotopic (exact) mass is 424 g/mol. The zero-order valence-corrected chi connectivity index (χ0v) is 17.6. The molecule has 0 aromatic heterocycles. The first-order valence-corrected chi connectivity index (χ1v) is 11.6. The predicted molar refractivity (Wildman–Crippen MR) is 108 cm³/mol. The molecule has 2 atom stereocenters. The summed E-state index contributed by atoms with van der Waals surface area (Å²) in [4.78, 5) is 38.4. The van der Waals surface area contributed by atoms with Crippen LogP contribution in [0.4, 0.5) is 0 Å². The average molecular weight is 425 g/mol. The first-order chi connectivity index (χ1) is 13.7. The van der Waals surface area contributed by atoms with Gasteiger partial charge in [0.2, 0.25) is 0 Å². The Morgan fingerprint density at radius 2 is 1.93 bits per heavy atom. The van der Waals surface area contributed by atoms with Gasteiger partial charge in [0.1, 0.15) is 6.04 Å². The second-order valence-corrected chi connectivity index (χ2v) is 9.40. The van der Waals surface area contributed by atoms with Crippen molar-refractivity contribution in [3.05, 3.63) is 35.9 Å². The lowest BCUT2D eigenvalue weighted by Gasteiger charge is -2.28. The number of ether oxygens (including phenoxy) is 1. The van der Waals surface area contributed by atoms with Crippen molar-refractivity contribution in [2.24, 2.45) is 0 Å². The molecule has 0 radical (unpaired) electrons. The van der Waals surface area contributed by atoms with Crippen LogP contribution in [-0.4, -0.2) is 67.8 Å². The summed E-state index contributed by atoms with van der Waals surface area (Å²) in [5.41, 5.74) is 0.413. The molecule has 1 aromatic carbocycles. The van der Waals surface area contributed by atoms with E-state index in [2.05, 4.69) is 5.32 Å². The fourth-order valence-electron chi connectivity index (χ4n) is 3.13. The number of unbranched alkanes of at least 4 members (excludes halogenated alkanes) is 1.